The molecule has 1 aromatic carbocycles. The first-order valence-corrected chi connectivity index (χ1v) is 12.2. The van der Waals surface area contributed by atoms with E-state index in [2.05, 4.69) is 4.98 Å². The molecular formula is C27H36F2N6O2. The molecule has 0 saturated heterocycles. The molecule has 1 amide bonds. The van der Waals surface area contributed by atoms with Crippen molar-refractivity contribution < 1.29 is 18.3 Å². The van der Waals surface area contributed by atoms with Crippen molar-refractivity contribution in [3.8, 4) is 11.3 Å². The van der Waals surface area contributed by atoms with E-state index in [0.717, 1.165) is 0 Å². The number of anilines is 1. The van der Waals surface area contributed by atoms with Crippen molar-refractivity contribution in [2.24, 2.45) is 11.1 Å². The van der Waals surface area contributed by atoms with Crippen LogP contribution in [0.1, 0.15) is 44.8 Å². The number of hydrogen-bond acceptors (Lipinski definition) is 6. The Bertz CT molecular complexity index is 1190. The van der Waals surface area contributed by atoms with Crippen LogP contribution in [0.25, 0.3) is 11.3 Å². The van der Waals surface area contributed by atoms with E-state index in [-0.39, 0.29) is 31.3 Å². The molecule has 10 heteroatoms. The van der Waals surface area contributed by atoms with Crippen molar-refractivity contribution in [2.75, 3.05) is 32.7 Å². The molecule has 0 bridgehead atoms. The minimum absolute atomic E-state index is 0.147. The lowest BCUT2D eigenvalue weighted by molar-refractivity contribution is -0.140. The number of hydrogen-bond donors (Lipinski definition) is 2. The monoisotopic (exact) mass is 514 g/mol. The van der Waals surface area contributed by atoms with Gasteiger partial charge in [-0.15, -0.1) is 0 Å². The van der Waals surface area contributed by atoms with Gasteiger partial charge in [-0.2, -0.15) is 0 Å². The summed E-state index contributed by atoms with van der Waals surface area (Å²) in [6, 6.07) is 10.3. The van der Waals surface area contributed by atoms with Crippen molar-refractivity contribution in [1.82, 2.24) is 19.4 Å². The van der Waals surface area contributed by atoms with Gasteiger partial charge in [-0.3, -0.25) is 4.79 Å². The fourth-order valence-electron chi connectivity index (χ4n) is 4.30. The van der Waals surface area contributed by atoms with Gasteiger partial charge in [0.2, 0.25) is 5.91 Å². The highest BCUT2D eigenvalue weighted by Gasteiger charge is 2.38. The molecular weight excluding hydrogens is 478 g/mol. The normalized spacial score (nSPS) is 13.4. The van der Waals surface area contributed by atoms with Crippen molar-refractivity contribution in [2.45, 2.75) is 45.8 Å². The first-order valence-electron chi connectivity index (χ1n) is 12.2. The third-order valence-electron chi connectivity index (χ3n) is 5.99. The molecule has 0 radical (unpaired) electrons. The third kappa shape index (κ3) is 7.33. The summed E-state index contributed by atoms with van der Waals surface area (Å²) < 4.78 is 34.3. The lowest BCUT2D eigenvalue weighted by Gasteiger charge is -2.40. The largest absolute Gasteiger partial charge is 0.384 e. The highest BCUT2D eigenvalue weighted by molar-refractivity contribution is 5.78. The van der Waals surface area contributed by atoms with E-state index in [0.29, 0.717) is 35.1 Å². The van der Waals surface area contributed by atoms with E-state index in [9.17, 15) is 13.6 Å². The minimum atomic E-state index is -0.697. The zero-order valence-electron chi connectivity index (χ0n) is 21.8. The van der Waals surface area contributed by atoms with Crippen LogP contribution in [0.15, 0.2) is 48.7 Å². The van der Waals surface area contributed by atoms with Gasteiger partial charge in [-0.25, -0.2) is 18.7 Å². The Balaban J connectivity index is 2.17. The van der Waals surface area contributed by atoms with Crippen molar-refractivity contribution in [1.29, 1.82) is 0 Å². The molecule has 3 aromatic rings. The predicted octanol–water partition coefficient (Wildman–Crippen LogP) is 3.96. The molecule has 0 spiro atoms. The fourth-order valence-corrected chi connectivity index (χ4v) is 4.30. The maximum absolute atomic E-state index is 14.1. The number of halogens is 2. The second-order valence-corrected chi connectivity index (χ2v) is 10.2. The number of benzene rings is 1. The van der Waals surface area contributed by atoms with Crippen LogP contribution in [0.4, 0.5) is 14.6 Å². The zero-order chi connectivity index (χ0) is 27.2. The second kappa shape index (κ2) is 12.2. The van der Waals surface area contributed by atoms with Crippen molar-refractivity contribution in [3.05, 3.63) is 66.0 Å². The maximum atomic E-state index is 14.1. The number of nitrogens with two attached hydrogens (primary N) is 2. The van der Waals surface area contributed by atoms with Gasteiger partial charge in [-0.05, 0) is 36.1 Å². The van der Waals surface area contributed by atoms with Crippen LogP contribution in [0.5, 0.6) is 0 Å². The number of pyridine rings is 1. The van der Waals surface area contributed by atoms with E-state index in [1.807, 2.05) is 43.7 Å². The molecule has 4 N–H and O–H groups in total. The molecule has 0 aliphatic rings. The Hall–Kier alpha value is -3.37. The Morgan fingerprint density at radius 2 is 1.92 bits per heavy atom. The summed E-state index contributed by atoms with van der Waals surface area (Å²) >= 11 is 0. The summed E-state index contributed by atoms with van der Waals surface area (Å²) in [5, 5.41) is 0. The SMILES string of the molecule is COCC(=O)N(CC[C@@H](N)CF)[C@@H](c1nc(-c2cccc(F)c2)cn1Cc1cccc(N)n1)C(C)(C)C. The highest BCUT2D eigenvalue weighted by Crippen LogP contribution is 2.39. The predicted molar refractivity (Wildman–Crippen MR) is 140 cm³/mol. The Labute approximate surface area is 216 Å². The van der Waals surface area contributed by atoms with Gasteiger partial charge < -0.3 is 25.7 Å². The standard InChI is InChI=1S/C27H36F2N6O2/c1-27(2,3)25(35(24(36)17-37-4)12-11-20(30)14-28)26-33-22(18-7-5-8-19(29)13-18)16-34(26)15-21-9-6-10-23(31)32-21/h5-10,13,16,20,25H,11-12,14-15,17,30H2,1-4H3,(H2,31,32)/t20-,25+/m1/s1. The quantitative estimate of drug-likeness (QED) is 0.401. The summed E-state index contributed by atoms with van der Waals surface area (Å²) in [6.45, 7) is 5.70. The average molecular weight is 515 g/mol. The lowest BCUT2D eigenvalue weighted by atomic mass is 9.84. The molecule has 200 valence electrons. The van der Waals surface area contributed by atoms with E-state index in [1.54, 1.807) is 23.1 Å². The van der Waals surface area contributed by atoms with Crippen LogP contribution in [0.2, 0.25) is 0 Å². The summed E-state index contributed by atoms with van der Waals surface area (Å²) in [6.07, 6.45) is 2.09. The summed E-state index contributed by atoms with van der Waals surface area (Å²) in [5.74, 6) is 0.316. The summed E-state index contributed by atoms with van der Waals surface area (Å²) in [5.41, 5.74) is 13.1. The van der Waals surface area contributed by atoms with Crippen LogP contribution in [0, 0.1) is 11.2 Å². The number of carbonyl (C=O) groups excluding carboxylic acids is 1. The number of alkyl halides is 1. The first-order chi connectivity index (χ1) is 17.5. The molecule has 3 rings (SSSR count). The number of carbonyl (C=O) groups is 1. The Morgan fingerprint density at radius 3 is 2.54 bits per heavy atom. The van der Waals surface area contributed by atoms with Gasteiger partial charge >= 0.3 is 0 Å². The number of aromatic nitrogens is 3. The van der Waals surface area contributed by atoms with Crippen LogP contribution < -0.4 is 11.5 Å². The van der Waals surface area contributed by atoms with Gasteiger partial charge in [0.1, 0.15) is 30.7 Å². The number of amides is 1. The number of methoxy groups -OCH3 is 1. The van der Waals surface area contributed by atoms with Crippen LogP contribution in [-0.2, 0) is 16.1 Å². The molecule has 2 heterocycles. The fraction of sp³-hybridized carbons (Fsp3) is 0.444. The molecule has 8 nitrogen and oxygen atoms in total. The van der Waals surface area contributed by atoms with Crippen LogP contribution in [-0.4, -0.2) is 58.3 Å². The zero-order valence-corrected chi connectivity index (χ0v) is 21.8. The van der Waals surface area contributed by atoms with E-state index < -0.39 is 24.2 Å². The lowest BCUT2D eigenvalue weighted by Crippen LogP contribution is -2.45. The highest BCUT2D eigenvalue weighted by atomic mass is 19.1. The second-order valence-electron chi connectivity index (χ2n) is 10.2. The summed E-state index contributed by atoms with van der Waals surface area (Å²) in [7, 11) is 1.45. The number of ether oxygens (including phenoxy) is 1. The first kappa shape index (κ1) is 28.2. The van der Waals surface area contributed by atoms with Crippen LogP contribution in [0.3, 0.4) is 0 Å². The van der Waals surface area contributed by atoms with E-state index in [1.165, 1.54) is 19.2 Å². The topological polar surface area (TPSA) is 112 Å². The van der Waals surface area contributed by atoms with Crippen molar-refractivity contribution >= 4 is 11.7 Å². The number of nitrogens with zero attached hydrogens (tertiary/aromatic N) is 4. The smallest absolute Gasteiger partial charge is 0.249 e. The molecule has 0 saturated carbocycles. The summed E-state index contributed by atoms with van der Waals surface area (Å²) in [4.78, 5) is 24.3. The molecule has 0 aliphatic carbocycles. The molecule has 0 fully saturated rings. The average Bonchev–Trinajstić information content (AvgIpc) is 3.23. The van der Waals surface area contributed by atoms with Gasteiger partial charge in [0, 0.05) is 31.5 Å². The molecule has 0 unspecified atom stereocenters. The van der Waals surface area contributed by atoms with Crippen molar-refractivity contribution in [3.63, 3.8) is 0 Å². The third-order valence-corrected chi connectivity index (χ3v) is 5.99. The number of rotatable bonds is 11. The Kier molecular flexibility index (Phi) is 9.34. The van der Waals surface area contributed by atoms with Gasteiger partial charge in [0.15, 0.2) is 0 Å². The van der Waals surface area contributed by atoms with Gasteiger partial charge in [-0.1, -0.05) is 39.0 Å². The number of nitrogen functional groups attached to an aromatic ring is 1. The Morgan fingerprint density at radius 1 is 1.19 bits per heavy atom. The maximum Gasteiger partial charge on any atom is 0.249 e. The molecule has 2 aromatic heterocycles. The van der Waals surface area contributed by atoms with E-state index in [4.69, 9.17) is 21.2 Å². The van der Waals surface area contributed by atoms with E-state index >= 15 is 0 Å². The minimum Gasteiger partial charge on any atom is -0.384 e. The molecule has 2 atom stereocenters. The van der Waals surface area contributed by atoms with Gasteiger partial charge in [0.05, 0.1) is 24.0 Å². The molecule has 0 aliphatic heterocycles. The number of imidazole rings is 1. The van der Waals surface area contributed by atoms with Gasteiger partial charge in [0.25, 0.3) is 0 Å². The molecule has 37 heavy (non-hydrogen) atoms. The van der Waals surface area contributed by atoms with Crippen LogP contribution >= 0.6 is 0 Å².